The number of aryl methyl sites for hydroxylation is 1. The normalized spacial score (nSPS) is 17.3. The predicted molar refractivity (Wildman–Crippen MR) is 88.4 cm³/mol. The summed E-state index contributed by atoms with van der Waals surface area (Å²) in [5.41, 5.74) is -0.334. The highest BCUT2D eigenvalue weighted by Crippen LogP contribution is 2.45. The molecule has 0 fully saturated rings. The maximum Gasteiger partial charge on any atom is 0.416 e. The molecule has 26 heavy (non-hydrogen) atoms. The Balaban J connectivity index is 1.91. The summed E-state index contributed by atoms with van der Waals surface area (Å²) in [4.78, 5) is 20.0. The van der Waals surface area contributed by atoms with Crippen LogP contribution in [-0.2, 0) is 12.7 Å². The number of benzene rings is 1. The fourth-order valence-corrected chi connectivity index (χ4v) is 4.39. The first-order valence-corrected chi connectivity index (χ1v) is 8.59. The Morgan fingerprint density at radius 2 is 1.96 bits per heavy atom. The van der Waals surface area contributed by atoms with E-state index in [1.807, 2.05) is 0 Å². The molecule has 1 atom stereocenters. The van der Waals surface area contributed by atoms with Crippen molar-refractivity contribution in [2.24, 2.45) is 0 Å². The number of hydrogen-bond acceptors (Lipinski definition) is 4. The Bertz CT molecular complexity index is 1060. The molecule has 1 aliphatic heterocycles. The highest BCUT2D eigenvalue weighted by atomic mass is 32.2. The Hall–Kier alpha value is -2.42. The highest BCUT2D eigenvalue weighted by molar-refractivity contribution is 7.99. The van der Waals surface area contributed by atoms with Gasteiger partial charge in [0, 0.05) is 34.5 Å². The van der Waals surface area contributed by atoms with Gasteiger partial charge in [0.25, 0.3) is 0 Å². The third-order valence-electron chi connectivity index (χ3n) is 4.23. The molecule has 1 aliphatic rings. The SMILES string of the molecule is O=c1ncc2cc(C(F)(F)F)cc3c2n1CCC(c1cncc(F)c1)S3. The molecule has 0 bridgehead atoms. The fraction of sp³-hybridized carbons (Fsp3) is 0.235. The molecule has 0 spiro atoms. The summed E-state index contributed by atoms with van der Waals surface area (Å²) in [6, 6.07) is 3.34. The van der Waals surface area contributed by atoms with E-state index in [1.165, 1.54) is 28.6 Å². The van der Waals surface area contributed by atoms with Gasteiger partial charge in [0.1, 0.15) is 5.82 Å². The van der Waals surface area contributed by atoms with Crippen molar-refractivity contribution in [1.29, 1.82) is 0 Å². The van der Waals surface area contributed by atoms with Gasteiger partial charge in [0.15, 0.2) is 0 Å². The van der Waals surface area contributed by atoms with E-state index in [-0.39, 0.29) is 17.2 Å². The fourth-order valence-electron chi connectivity index (χ4n) is 3.07. The van der Waals surface area contributed by atoms with Crippen LogP contribution >= 0.6 is 11.8 Å². The summed E-state index contributed by atoms with van der Waals surface area (Å²) in [7, 11) is 0. The van der Waals surface area contributed by atoms with Crippen LogP contribution in [0, 0.1) is 5.82 Å². The molecule has 0 amide bonds. The van der Waals surface area contributed by atoms with Crippen molar-refractivity contribution < 1.29 is 17.6 Å². The van der Waals surface area contributed by atoms with Gasteiger partial charge in [-0.3, -0.25) is 9.55 Å². The summed E-state index contributed by atoms with van der Waals surface area (Å²) in [5.74, 6) is -0.516. The van der Waals surface area contributed by atoms with Crippen molar-refractivity contribution in [3.63, 3.8) is 0 Å². The van der Waals surface area contributed by atoms with Crippen LogP contribution in [0.3, 0.4) is 0 Å². The van der Waals surface area contributed by atoms with Crippen LogP contribution in [0.5, 0.6) is 0 Å². The Kier molecular flexibility index (Phi) is 3.98. The second-order valence-electron chi connectivity index (χ2n) is 5.93. The molecule has 0 saturated heterocycles. The zero-order chi connectivity index (χ0) is 18.5. The van der Waals surface area contributed by atoms with Gasteiger partial charge in [-0.2, -0.15) is 13.2 Å². The summed E-state index contributed by atoms with van der Waals surface area (Å²) >= 11 is 1.18. The van der Waals surface area contributed by atoms with Gasteiger partial charge in [0.2, 0.25) is 0 Å². The van der Waals surface area contributed by atoms with Gasteiger partial charge in [-0.15, -0.1) is 11.8 Å². The molecule has 4 rings (SSSR count). The number of nitrogens with zero attached hydrogens (tertiary/aromatic N) is 3. The lowest BCUT2D eigenvalue weighted by Gasteiger charge is -2.15. The van der Waals surface area contributed by atoms with E-state index in [9.17, 15) is 22.4 Å². The van der Waals surface area contributed by atoms with Crippen molar-refractivity contribution in [3.8, 4) is 0 Å². The van der Waals surface area contributed by atoms with Crippen LogP contribution in [-0.4, -0.2) is 14.5 Å². The maximum atomic E-state index is 13.5. The van der Waals surface area contributed by atoms with Crippen molar-refractivity contribution in [2.45, 2.75) is 29.3 Å². The standard InChI is InChI=1S/C17H11F4N3OS/c18-12-4-9(6-22-8-12)13-1-2-24-15-10(7-23-16(24)25)3-11(17(19,20)21)5-14(15)26-13/h3-8,13H,1-2H2. The molecule has 0 saturated carbocycles. The molecule has 1 unspecified atom stereocenters. The molecule has 0 radical (unpaired) electrons. The lowest BCUT2D eigenvalue weighted by atomic mass is 10.1. The molecule has 9 heteroatoms. The Labute approximate surface area is 148 Å². The van der Waals surface area contributed by atoms with Gasteiger partial charge in [-0.1, -0.05) is 0 Å². The van der Waals surface area contributed by atoms with Crippen molar-refractivity contribution in [2.75, 3.05) is 0 Å². The molecular formula is C17H11F4N3OS. The quantitative estimate of drug-likeness (QED) is 0.593. The first kappa shape index (κ1) is 17.0. The van der Waals surface area contributed by atoms with Crippen LogP contribution in [0.2, 0.25) is 0 Å². The van der Waals surface area contributed by atoms with Gasteiger partial charge in [0.05, 0.1) is 17.3 Å². The van der Waals surface area contributed by atoms with E-state index >= 15 is 0 Å². The minimum atomic E-state index is -4.52. The second kappa shape index (κ2) is 6.08. The van der Waals surface area contributed by atoms with E-state index in [1.54, 1.807) is 0 Å². The number of halogens is 4. The maximum absolute atomic E-state index is 13.5. The van der Waals surface area contributed by atoms with E-state index in [0.29, 0.717) is 22.4 Å². The summed E-state index contributed by atoms with van der Waals surface area (Å²) in [5, 5.41) is -0.0795. The van der Waals surface area contributed by atoms with Gasteiger partial charge in [-0.25, -0.2) is 14.2 Å². The molecule has 3 heterocycles. The van der Waals surface area contributed by atoms with Crippen molar-refractivity contribution in [3.05, 3.63) is 64.2 Å². The molecule has 134 valence electrons. The van der Waals surface area contributed by atoms with E-state index < -0.39 is 23.2 Å². The first-order chi connectivity index (χ1) is 12.3. The van der Waals surface area contributed by atoms with Crippen LogP contribution in [0.15, 0.2) is 46.5 Å². The van der Waals surface area contributed by atoms with Gasteiger partial charge < -0.3 is 0 Å². The third kappa shape index (κ3) is 2.96. The average Bonchev–Trinajstić information content (AvgIpc) is 2.78. The molecule has 2 aromatic heterocycles. The third-order valence-corrected chi connectivity index (χ3v) is 5.59. The molecule has 0 aliphatic carbocycles. The monoisotopic (exact) mass is 381 g/mol. The second-order valence-corrected chi connectivity index (χ2v) is 7.18. The summed E-state index contributed by atoms with van der Waals surface area (Å²) in [6.07, 6.45) is -0.364. The average molecular weight is 381 g/mol. The Morgan fingerprint density at radius 1 is 1.15 bits per heavy atom. The van der Waals surface area contributed by atoms with Crippen LogP contribution in [0.25, 0.3) is 10.9 Å². The predicted octanol–water partition coefficient (Wildman–Crippen LogP) is 4.19. The molecule has 4 nitrogen and oxygen atoms in total. The number of rotatable bonds is 1. The van der Waals surface area contributed by atoms with E-state index in [0.717, 1.165) is 24.5 Å². The minimum absolute atomic E-state index is 0.250. The molecule has 3 aromatic rings. The summed E-state index contributed by atoms with van der Waals surface area (Å²) in [6.45, 7) is 0.274. The highest BCUT2D eigenvalue weighted by Gasteiger charge is 2.33. The minimum Gasteiger partial charge on any atom is -0.291 e. The summed E-state index contributed by atoms with van der Waals surface area (Å²) < 4.78 is 54.6. The van der Waals surface area contributed by atoms with Crippen LogP contribution in [0.4, 0.5) is 17.6 Å². The van der Waals surface area contributed by atoms with E-state index in [2.05, 4.69) is 9.97 Å². The first-order valence-electron chi connectivity index (χ1n) is 7.71. The smallest absolute Gasteiger partial charge is 0.291 e. The lowest BCUT2D eigenvalue weighted by Crippen LogP contribution is -2.23. The number of aromatic nitrogens is 3. The number of pyridine rings is 1. The van der Waals surface area contributed by atoms with Crippen molar-refractivity contribution >= 4 is 22.7 Å². The topological polar surface area (TPSA) is 47.8 Å². The number of alkyl halides is 3. The zero-order valence-corrected chi connectivity index (χ0v) is 13.9. The van der Waals surface area contributed by atoms with Crippen LogP contribution < -0.4 is 5.69 Å². The molecule has 1 aromatic carbocycles. The zero-order valence-electron chi connectivity index (χ0n) is 13.1. The van der Waals surface area contributed by atoms with E-state index in [4.69, 9.17) is 0 Å². The lowest BCUT2D eigenvalue weighted by molar-refractivity contribution is -0.137. The molecular weight excluding hydrogens is 370 g/mol. The number of thioether (sulfide) groups is 1. The van der Waals surface area contributed by atoms with Crippen molar-refractivity contribution in [1.82, 2.24) is 14.5 Å². The van der Waals surface area contributed by atoms with Gasteiger partial charge >= 0.3 is 11.9 Å². The number of hydrogen-bond donors (Lipinski definition) is 0. The van der Waals surface area contributed by atoms with Crippen LogP contribution in [0.1, 0.15) is 22.8 Å². The molecule has 0 N–H and O–H groups in total. The Morgan fingerprint density at radius 3 is 2.69 bits per heavy atom. The van der Waals surface area contributed by atoms with Gasteiger partial charge in [-0.05, 0) is 30.2 Å². The largest absolute Gasteiger partial charge is 0.416 e.